The third-order valence-corrected chi connectivity index (χ3v) is 5.93. The molecule has 0 radical (unpaired) electrons. The zero-order valence-electron chi connectivity index (χ0n) is 14.6. The van der Waals surface area contributed by atoms with Crippen LogP contribution < -0.4 is 10.6 Å². The molecule has 0 spiro atoms. The van der Waals surface area contributed by atoms with Gasteiger partial charge in [-0.3, -0.25) is 4.79 Å². The van der Waals surface area contributed by atoms with Crippen LogP contribution in [0.4, 0.5) is 0 Å². The lowest BCUT2D eigenvalue weighted by atomic mass is 10.2. The predicted molar refractivity (Wildman–Crippen MR) is 92.9 cm³/mol. The molecule has 10 heteroatoms. The summed E-state index contributed by atoms with van der Waals surface area (Å²) in [6.45, 7) is 3.19. The Morgan fingerprint density at radius 2 is 2.27 bits per heavy atom. The summed E-state index contributed by atoms with van der Waals surface area (Å²) in [6.07, 6.45) is 0.857. The van der Waals surface area contributed by atoms with E-state index in [1.807, 2.05) is 0 Å². The van der Waals surface area contributed by atoms with Gasteiger partial charge in [-0.25, -0.2) is 8.42 Å². The van der Waals surface area contributed by atoms with Gasteiger partial charge in [0.2, 0.25) is 15.9 Å². The van der Waals surface area contributed by atoms with Crippen molar-refractivity contribution in [3.63, 3.8) is 0 Å². The minimum atomic E-state index is -3.80. The second-order valence-corrected chi connectivity index (χ2v) is 8.23. The Labute approximate surface area is 151 Å². The number of sulfonamides is 1. The number of rotatable bonds is 6. The quantitative estimate of drug-likeness (QED) is 0.741. The van der Waals surface area contributed by atoms with Gasteiger partial charge in [0.05, 0.1) is 11.4 Å². The topological polar surface area (TPSA) is 117 Å². The largest absolute Gasteiger partial charge is 0.348 e. The lowest BCUT2D eigenvalue weighted by Gasteiger charge is -2.16. The van der Waals surface area contributed by atoms with Crippen LogP contribution in [0.15, 0.2) is 33.7 Å². The molecule has 1 fully saturated rings. The molecule has 1 aromatic heterocycles. The number of aryl methyl sites for hydroxylation is 1. The maximum Gasteiger partial charge on any atom is 0.251 e. The average Bonchev–Trinajstić information content (AvgIpc) is 3.26. The molecule has 1 aliphatic heterocycles. The molecule has 0 unspecified atom stereocenters. The van der Waals surface area contributed by atoms with Crippen molar-refractivity contribution in [1.29, 1.82) is 0 Å². The van der Waals surface area contributed by atoms with Crippen molar-refractivity contribution in [3.05, 3.63) is 41.5 Å². The Hall–Kier alpha value is -2.30. The Morgan fingerprint density at radius 3 is 2.92 bits per heavy atom. The predicted octanol–water partition coefficient (Wildman–Crippen LogP) is 0.290. The van der Waals surface area contributed by atoms with Gasteiger partial charge in [-0.2, -0.15) is 9.29 Å². The average molecular weight is 379 g/mol. The van der Waals surface area contributed by atoms with Crippen LogP contribution in [0.1, 0.15) is 28.5 Å². The molecule has 2 N–H and O–H groups in total. The third kappa shape index (κ3) is 4.09. The highest BCUT2D eigenvalue weighted by molar-refractivity contribution is 7.89. The first-order valence-corrected chi connectivity index (χ1v) is 9.67. The fourth-order valence-electron chi connectivity index (χ4n) is 2.70. The van der Waals surface area contributed by atoms with Crippen LogP contribution in [0.2, 0.25) is 0 Å². The van der Waals surface area contributed by atoms with Crippen molar-refractivity contribution in [2.45, 2.75) is 30.8 Å². The molecule has 0 bridgehead atoms. The molecule has 2 aromatic rings. The second kappa shape index (κ2) is 7.52. The van der Waals surface area contributed by atoms with Gasteiger partial charge in [-0.15, -0.1) is 0 Å². The first kappa shape index (κ1) is 18.5. The van der Waals surface area contributed by atoms with Crippen LogP contribution >= 0.6 is 0 Å². The summed E-state index contributed by atoms with van der Waals surface area (Å²) in [5, 5.41) is 9.71. The van der Waals surface area contributed by atoms with Gasteiger partial charge in [0.25, 0.3) is 5.91 Å². The van der Waals surface area contributed by atoms with E-state index in [1.54, 1.807) is 19.1 Å². The van der Waals surface area contributed by atoms with E-state index < -0.39 is 10.0 Å². The number of nitrogens with zero attached hydrogens (tertiary/aromatic N) is 3. The second-order valence-electron chi connectivity index (χ2n) is 6.19. The number of carbonyl (C=O) groups is 1. The van der Waals surface area contributed by atoms with Crippen LogP contribution in [0, 0.1) is 6.92 Å². The molecular weight excluding hydrogens is 358 g/mol. The van der Waals surface area contributed by atoms with Crippen LogP contribution in [-0.4, -0.2) is 54.9 Å². The highest BCUT2D eigenvalue weighted by Crippen LogP contribution is 2.18. The summed E-state index contributed by atoms with van der Waals surface area (Å²) in [6, 6.07) is 6.05. The zero-order chi connectivity index (χ0) is 18.7. The minimum absolute atomic E-state index is 0.0356. The van der Waals surface area contributed by atoms with Crippen molar-refractivity contribution >= 4 is 15.9 Å². The number of amides is 1. The van der Waals surface area contributed by atoms with E-state index in [0.29, 0.717) is 11.4 Å². The number of nitrogens with one attached hydrogen (secondary N) is 2. The Balaban J connectivity index is 1.75. The third-order valence-electron chi connectivity index (χ3n) is 4.13. The molecular formula is C16H21N5O4S. The van der Waals surface area contributed by atoms with Crippen LogP contribution in [0.25, 0.3) is 0 Å². The van der Waals surface area contributed by atoms with Crippen LogP contribution in [0.5, 0.6) is 0 Å². The fraction of sp³-hybridized carbons (Fsp3) is 0.438. The summed E-state index contributed by atoms with van der Waals surface area (Å²) in [5.74, 6) is 0.355. The first-order chi connectivity index (χ1) is 12.4. The molecule has 1 aromatic carbocycles. The van der Waals surface area contributed by atoms with Crippen LogP contribution in [0.3, 0.4) is 0 Å². The monoisotopic (exact) mass is 379 g/mol. The standard InChI is InChI=1S/C16H21N5O4S/c1-11-18-15(25-20-11)10-21(2)26(23,24)14-5-3-4-12(8-14)16(22)19-13-6-7-17-9-13/h3-5,8,13,17H,6-7,9-10H2,1-2H3,(H,19,22)/t13-/m0/s1. The molecule has 9 nitrogen and oxygen atoms in total. The Kier molecular flexibility index (Phi) is 5.35. The van der Waals surface area contributed by atoms with E-state index in [1.165, 1.54) is 19.2 Å². The van der Waals surface area contributed by atoms with Gasteiger partial charge in [0.15, 0.2) is 5.82 Å². The SMILES string of the molecule is Cc1noc(CN(C)S(=O)(=O)c2cccc(C(=O)N[C@H]3CCNC3)c2)n1. The van der Waals surface area contributed by atoms with E-state index in [4.69, 9.17) is 4.52 Å². The van der Waals surface area contributed by atoms with E-state index in [2.05, 4.69) is 20.8 Å². The summed E-state index contributed by atoms with van der Waals surface area (Å²) in [7, 11) is -2.38. The van der Waals surface area contributed by atoms with Gasteiger partial charge in [0, 0.05) is 25.2 Å². The summed E-state index contributed by atoms with van der Waals surface area (Å²) < 4.78 is 31.6. The lowest BCUT2D eigenvalue weighted by Crippen LogP contribution is -2.36. The van der Waals surface area contributed by atoms with E-state index in [9.17, 15) is 13.2 Å². The van der Waals surface area contributed by atoms with Gasteiger partial charge >= 0.3 is 0 Å². The number of benzene rings is 1. The smallest absolute Gasteiger partial charge is 0.251 e. The van der Waals surface area contributed by atoms with Crippen molar-refractivity contribution in [2.24, 2.45) is 0 Å². The normalized spacial score (nSPS) is 17.6. The maximum atomic E-state index is 12.8. The Bertz CT molecular complexity index is 890. The number of aromatic nitrogens is 2. The molecule has 0 aliphatic carbocycles. The minimum Gasteiger partial charge on any atom is -0.348 e. The van der Waals surface area contributed by atoms with Crippen LogP contribution in [-0.2, 0) is 16.6 Å². The van der Waals surface area contributed by atoms with Gasteiger partial charge in [0.1, 0.15) is 0 Å². The fourth-order valence-corrected chi connectivity index (χ4v) is 3.87. The molecule has 140 valence electrons. The lowest BCUT2D eigenvalue weighted by molar-refractivity contribution is 0.0940. The molecule has 1 aliphatic rings. The van der Waals surface area contributed by atoms with Gasteiger partial charge < -0.3 is 15.2 Å². The maximum absolute atomic E-state index is 12.8. The number of hydrogen-bond donors (Lipinski definition) is 2. The summed E-state index contributed by atoms with van der Waals surface area (Å²) in [4.78, 5) is 16.4. The highest BCUT2D eigenvalue weighted by atomic mass is 32.2. The molecule has 1 amide bonds. The van der Waals surface area contributed by atoms with Gasteiger partial charge in [-0.1, -0.05) is 11.2 Å². The summed E-state index contributed by atoms with van der Waals surface area (Å²) >= 11 is 0. The molecule has 2 heterocycles. The molecule has 26 heavy (non-hydrogen) atoms. The molecule has 1 atom stereocenters. The van der Waals surface area contributed by atoms with Crippen molar-refractivity contribution in [3.8, 4) is 0 Å². The summed E-state index contributed by atoms with van der Waals surface area (Å²) in [5.41, 5.74) is 0.306. The van der Waals surface area contributed by atoms with Crippen molar-refractivity contribution in [2.75, 3.05) is 20.1 Å². The zero-order valence-corrected chi connectivity index (χ0v) is 15.4. The van der Waals surface area contributed by atoms with Crippen molar-refractivity contribution < 1.29 is 17.7 Å². The number of hydrogen-bond acceptors (Lipinski definition) is 7. The van der Waals surface area contributed by atoms with E-state index >= 15 is 0 Å². The number of carbonyl (C=O) groups excluding carboxylic acids is 1. The van der Waals surface area contributed by atoms with E-state index in [0.717, 1.165) is 23.8 Å². The van der Waals surface area contributed by atoms with Gasteiger partial charge in [-0.05, 0) is 38.1 Å². The molecule has 1 saturated heterocycles. The molecule has 0 saturated carbocycles. The highest BCUT2D eigenvalue weighted by Gasteiger charge is 2.24. The Morgan fingerprint density at radius 1 is 1.46 bits per heavy atom. The molecule has 3 rings (SSSR count). The first-order valence-electron chi connectivity index (χ1n) is 8.23. The van der Waals surface area contributed by atoms with Crippen molar-refractivity contribution in [1.82, 2.24) is 25.1 Å². The van der Waals surface area contributed by atoms with E-state index in [-0.39, 0.29) is 29.3 Å².